The summed E-state index contributed by atoms with van der Waals surface area (Å²) in [6.45, 7) is 9.70. The van der Waals surface area contributed by atoms with Crippen molar-refractivity contribution >= 4 is 27.4 Å². The van der Waals surface area contributed by atoms with Crippen molar-refractivity contribution in [2.75, 3.05) is 10.0 Å². The number of aromatic nitrogens is 1. The molecule has 0 radical (unpaired) electrons. The predicted molar refractivity (Wildman–Crippen MR) is 116 cm³/mol. The molecule has 0 atom stereocenters. The Morgan fingerprint density at radius 1 is 1.03 bits per heavy atom. The number of aryl methyl sites for hydroxylation is 1. The van der Waals surface area contributed by atoms with Gasteiger partial charge >= 0.3 is 0 Å². The summed E-state index contributed by atoms with van der Waals surface area (Å²) in [5.74, 6) is 0.546. The van der Waals surface area contributed by atoms with Crippen molar-refractivity contribution in [3.63, 3.8) is 0 Å². The van der Waals surface area contributed by atoms with E-state index in [4.69, 9.17) is 4.52 Å². The lowest BCUT2D eigenvalue weighted by atomic mass is 9.93. The van der Waals surface area contributed by atoms with Gasteiger partial charge in [0.15, 0.2) is 5.82 Å². The summed E-state index contributed by atoms with van der Waals surface area (Å²) in [5, 5.41) is 6.51. The first kappa shape index (κ1) is 21.6. The minimum Gasteiger partial charge on any atom is -0.359 e. The quantitative estimate of drug-likeness (QED) is 0.618. The number of anilines is 2. The molecule has 0 spiro atoms. The van der Waals surface area contributed by atoms with Crippen LogP contribution in [-0.4, -0.2) is 19.5 Å². The van der Waals surface area contributed by atoms with E-state index in [0.29, 0.717) is 22.8 Å². The molecule has 3 rings (SSSR count). The maximum Gasteiger partial charge on any atom is 0.261 e. The van der Waals surface area contributed by atoms with Crippen LogP contribution >= 0.6 is 0 Å². The van der Waals surface area contributed by atoms with Crippen LogP contribution in [0.1, 0.15) is 48.0 Å². The molecule has 1 aromatic heterocycles. The van der Waals surface area contributed by atoms with Crippen LogP contribution in [0.2, 0.25) is 0 Å². The van der Waals surface area contributed by atoms with E-state index < -0.39 is 15.9 Å². The van der Waals surface area contributed by atoms with Gasteiger partial charge in [0.25, 0.3) is 15.9 Å². The van der Waals surface area contributed by atoms with Gasteiger partial charge in [-0.15, -0.1) is 0 Å². The first-order valence-corrected chi connectivity index (χ1v) is 10.9. The summed E-state index contributed by atoms with van der Waals surface area (Å²) in [5.41, 5.74) is 2.46. The molecule has 30 heavy (non-hydrogen) atoms. The van der Waals surface area contributed by atoms with Gasteiger partial charge in [0.2, 0.25) is 0 Å². The van der Waals surface area contributed by atoms with Crippen LogP contribution < -0.4 is 10.0 Å². The zero-order chi connectivity index (χ0) is 22.1. The Labute approximate surface area is 176 Å². The van der Waals surface area contributed by atoms with E-state index in [1.165, 1.54) is 24.3 Å². The SMILES string of the molecule is Cc1cccc(NS(=O)(=O)c2ccc(C(=O)Nc3cc(C(C)(C)C)on3)cc2)c1C. The number of rotatable bonds is 5. The van der Waals surface area contributed by atoms with E-state index in [1.54, 1.807) is 18.2 Å². The number of amides is 1. The van der Waals surface area contributed by atoms with Crippen LogP contribution in [0.25, 0.3) is 0 Å². The molecule has 7 nitrogen and oxygen atoms in total. The van der Waals surface area contributed by atoms with Crippen LogP contribution in [0.5, 0.6) is 0 Å². The highest BCUT2D eigenvalue weighted by Crippen LogP contribution is 2.25. The highest BCUT2D eigenvalue weighted by Gasteiger charge is 2.21. The van der Waals surface area contributed by atoms with Crippen molar-refractivity contribution in [1.82, 2.24) is 5.16 Å². The van der Waals surface area contributed by atoms with E-state index in [9.17, 15) is 13.2 Å². The van der Waals surface area contributed by atoms with E-state index in [0.717, 1.165) is 11.1 Å². The maximum atomic E-state index is 12.7. The Morgan fingerprint density at radius 3 is 2.30 bits per heavy atom. The molecule has 1 heterocycles. The van der Waals surface area contributed by atoms with Gasteiger partial charge in [-0.2, -0.15) is 0 Å². The van der Waals surface area contributed by atoms with Gasteiger partial charge in [0.1, 0.15) is 5.76 Å². The third-order valence-corrected chi connectivity index (χ3v) is 6.15. The maximum absolute atomic E-state index is 12.7. The van der Waals surface area contributed by atoms with Crippen LogP contribution in [0.3, 0.4) is 0 Å². The molecule has 2 aromatic carbocycles. The molecule has 1 amide bonds. The molecular formula is C22H25N3O4S. The Balaban J connectivity index is 1.74. The summed E-state index contributed by atoms with van der Waals surface area (Å²) in [6.07, 6.45) is 0. The van der Waals surface area contributed by atoms with Gasteiger partial charge < -0.3 is 9.84 Å². The molecule has 0 bridgehead atoms. The van der Waals surface area contributed by atoms with Gasteiger partial charge in [-0.05, 0) is 55.3 Å². The molecule has 0 aliphatic heterocycles. The summed E-state index contributed by atoms with van der Waals surface area (Å²) in [7, 11) is -3.78. The van der Waals surface area contributed by atoms with Crippen LogP contribution in [0.15, 0.2) is 57.9 Å². The van der Waals surface area contributed by atoms with Gasteiger partial charge in [-0.3, -0.25) is 9.52 Å². The van der Waals surface area contributed by atoms with Crippen molar-refractivity contribution in [1.29, 1.82) is 0 Å². The second kappa shape index (κ2) is 7.95. The Bertz CT molecular complexity index is 1170. The van der Waals surface area contributed by atoms with E-state index >= 15 is 0 Å². The lowest BCUT2D eigenvalue weighted by molar-refractivity contribution is 0.102. The summed E-state index contributed by atoms with van der Waals surface area (Å²) < 4.78 is 33.3. The number of carbonyl (C=O) groups is 1. The third-order valence-electron chi connectivity index (χ3n) is 4.77. The molecular weight excluding hydrogens is 402 g/mol. The average Bonchev–Trinajstić information content (AvgIpc) is 3.14. The fourth-order valence-corrected chi connectivity index (χ4v) is 3.85. The monoisotopic (exact) mass is 427 g/mol. The fourth-order valence-electron chi connectivity index (χ4n) is 2.73. The number of nitrogens with one attached hydrogen (secondary N) is 2. The Morgan fingerprint density at radius 2 is 1.70 bits per heavy atom. The van der Waals surface area contributed by atoms with Crippen molar-refractivity contribution in [2.24, 2.45) is 0 Å². The summed E-state index contributed by atoms with van der Waals surface area (Å²) in [6, 6.07) is 12.8. The molecule has 0 unspecified atom stereocenters. The zero-order valence-corrected chi connectivity index (χ0v) is 18.4. The minimum absolute atomic E-state index is 0.0661. The average molecular weight is 428 g/mol. The van der Waals surface area contributed by atoms with Gasteiger partial charge in [-0.25, -0.2) is 8.42 Å². The van der Waals surface area contributed by atoms with Crippen molar-refractivity contribution in [3.8, 4) is 0 Å². The predicted octanol–water partition coefficient (Wildman–Crippen LogP) is 4.64. The van der Waals surface area contributed by atoms with Crippen LogP contribution in [-0.2, 0) is 15.4 Å². The minimum atomic E-state index is -3.78. The van der Waals surface area contributed by atoms with Gasteiger partial charge in [-0.1, -0.05) is 38.1 Å². The van der Waals surface area contributed by atoms with Crippen molar-refractivity contribution < 1.29 is 17.7 Å². The number of benzene rings is 2. The smallest absolute Gasteiger partial charge is 0.261 e. The summed E-state index contributed by atoms with van der Waals surface area (Å²) in [4.78, 5) is 12.5. The second-order valence-electron chi connectivity index (χ2n) is 8.16. The summed E-state index contributed by atoms with van der Waals surface area (Å²) >= 11 is 0. The van der Waals surface area contributed by atoms with E-state index in [2.05, 4.69) is 15.2 Å². The fraction of sp³-hybridized carbons (Fsp3) is 0.273. The molecule has 0 aliphatic carbocycles. The van der Waals surface area contributed by atoms with Gasteiger partial charge in [0.05, 0.1) is 10.6 Å². The number of carbonyl (C=O) groups excluding carboxylic acids is 1. The number of hydrogen-bond donors (Lipinski definition) is 2. The van der Waals surface area contributed by atoms with Gasteiger partial charge in [0, 0.05) is 17.0 Å². The Kier molecular flexibility index (Phi) is 5.72. The van der Waals surface area contributed by atoms with Crippen LogP contribution in [0.4, 0.5) is 11.5 Å². The largest absolute Gasteiger partial charge is 0.359 e. The molecule has 0 saturated carbocycles. The normalized spacial score (nSPS) is 11.9. The number of hydrogen-bond acceptors (Lipinski definition) is 5. The lowest BCUT2D eigenvalue weighted by Gasteiger charge is -2.12. The number of sulfonamides is 1. The molecule has 2 N–H and O–H groups in total. The third kappa shape index (κ3) is 4.71. The van der Waals surface area contributed by atoms with Crippen molar-refractivity contribution in [3.05, 3.63) is 71.0 Å². The standard InChI is InChI=1S/C22H25N3O4S/c1-14-7-6-8-18(15(14)2)25-30(27,28)17-11-9-16(10-12-17)21(26)23-20-13-19(29-24-20)22(3,4)5/h6-13,25H,1-5H3,(H,23,24,26). The molecule has 3 aromatic rings. The van der Waals surface area contributed by atoms with E-state index in [-0.39, 0.29) is 10.3 Å². The molecule has 8 heteroatoms. The van der Waals surface area contributed by atoms with E-state index in [1.807, 2.05) is 40.7 Å². The topological polar surface area (TPSA) is 101 Å². The van der Waals surface area contributed by atoms with Crippen molar-refractivity contribution in [2.45, 2.75) is 44.9 Å². The lowest BCUT2D eigenvalue weighted by Crippen LogP contribution is -2.15. The molecule has 0 saturated heterocycles. The highest BCUT2D eigenvalue weighted by atomic mass is 32.2. The van der Waals surface area contributed by atoms with Crippen LogP contribution in [0, 0.1) is 13.8 Å². The zero-order valence-electron chi connectivity index (χ0n) is 17.6. The number of nitrogens with zero attached hydrogens (tertiary/aromatic N) is 1. The first-order chi connectivity index (χ1) is 14.0. The molecule has 0 aliphatic rings. The first-order valence-electron chi connectivity index (χ1n) is 9.45. The second-order valence-corrected chi connectivity index (χ2v) is 9.84. The molecule has 158 valence electrons. The Hall–Kier alpha value is -3.13. The molecule has 0 fully saturated rings. The highest BCUT2D eigenvalue weighted by molar-refractivity contribution is 7.92.